The van der Waals surface area contributed by atoms with E-state index in [9.17, 15) is 9.59 Å². The van der Waals surface area contributed by atoms with E-state index in [-0.39, 0.29) is 11.8 Å². The molecule has 1 saturated heterocycles. The van der Waals surface area contributed by atoms with Gasteiger partial charge in [0.15, 0.2) is 0 Å². The van der Waals surface area contributed by atoms with Crippen LogP contribution in [0.2, 0.25) is 5.02 Å². The van der Waals surface area contributed by atoms with Crippen LogP contribution >= 0.6 is 11.6 Å². The van der Waals surface area contributed by atoms with Gasteiger partial charge in [-0.2, -0.15) is 0 Å². The molecule has 140 valence electrons. The minimum absolute atomic E-state index is 0.0994. The van der Waals surface area contributed by atoms with Crippen LogP contribution < -0.4 is 10.2 Å². The molecule has 2 aromatic rings. The summed E-state index contributed by atoms with van der Waals surface area (Å²) >= 11 is 6.43. The van der Waals surface area contributed by atoms with E-state index in [0.717, 1.165) is 24.3 Å². The lowest BCUT2D eigenvalue weighted by Crippen LogP contribution is -2.48. The SMILES string of the molecule is CC(=O)N1CCN(c2ccc(NC(=O)C=Cc3ccccc3)cc2Cl)CC1. The molecule has 0 bridgehead atoms. The van der Waals surface area contributed by atoms with Crippen molar-refractivity contribution in [2.75, 3.05) is 36.4 Å². The van der Waals surface area contributed by atoms with E-state index in [1.165, 1.54) is 6.08 Å². The van der Waals surface area contributed by atoms with Crippen molar-refractivity contribution in [2.24, 2.45) is 0 Å². The topological polar surface area (TPSA) is 52.7 Å². The Morgan fingerprint density at radius 2 is 1.74 bits per heavy atom. The Morgan fingerprint density at radius 1 is 1.04 bits per heavy atom. The lowest BCUT2D eigenvalue weighted by atomic mass is 10.2. The smallest absolute Gasteiger partial charge is 0.248 e. The van der Waals surface area contributed by atoms with Crippen LogP contribution in [0.4, 0.5) is 11.4 Å². The van der Waals surface area contributed by atoms with Crippen LogP contribution in [0.1, 0.15) is 12.5 Å². The van der Waals surface area contributed by atoms with Gasteiger partial charge in [-0.1, -0.05) is 41.9 Å². The third kappa shape index (κ3) is 5.11. The van der Waals surface area contributed by atoms with Gasteiger partial charge in [0, 0.05) is 44.9 Å². The minimum atomic E-state index is -0.210. The Balaban J connectivity index is 1.60. The number of halogens is 1. The van der Waals surface area contributed by atoms with E-state index in [1.54, 1.807) is 19.1 Å². The van der Waals surface area contributed by atoms with Gasteiger partial charge in [0.05, 0.1) is 10.7 Å². The summed E-state index contributed by atoms with van der Waals surface area (Å²) in [5, 5.41) is 3.40. The van der Waals surface area contributed by atoms with Gasteiger partial charge in [-0.15, -0.1) is 0 Å². The summed E-state index contributed by atoms with van der Waals surface area (Å²) in [5.74, 6) is -0.111. The van der Waals surface area contributed by atoms with Gasteiger partial charge in [0.1, 0.15) is 0 Å². The quantitative estimate of drug-likeness (QED) is 0.820. The first kappa shape index (κ1) is 19.0. The molecule has 0 radical (unpaired) electrons. The maximum Gasteiger partial charge on any atom is 0.248 e. The Kier molecular flexibility index (Phi) is 6.14. The Labute approximate surface area is 164 Å². The second-order valence-corrected chi connectivity index (χ2v) is 6.80. The summed E-state index contributed by atoms with van der Waals surface area (Å²) in [6, 6.07) is 15.1. The van der Waals surface area contributed by atoms with Gasteiger partial charge < -0.3 is 15.1 Å². The molecule has 0 aromatic heterocycles. The van der Waals surface area contributed by atoms with Crippen molar-refractivity contribution in [2.45, 2.75) is 6.92 Å². The number of hydrogen-bond acceptors (Lipinski definition) is 3. The average molecular weight is 384 g/mol. The fraction of sp³-hybridized carbons (Fsp3) is 0.238. The molecule has 1 aliphatic rings. The maximum atomic E-state index is 12.1. The molecule has 0 saturated carbocycles. The molecule has 0 atom stereocenters. The first-order valence-corrected chi connectivity index (χ1v) is 9.25. The second kappa shape index (κ2) is 8.73. The fourth-order valence-electron chi connectivity index (χ4n) is 3.02. The minimum Gasteiger partial charge on any atom is -0.367 e. The van der Waals surface area contributed by atoms with Gasteiger partial charge in [0.2, 0.25) is 11.8 Å². The van der Waals surface area contributed by atoms with E-state index in [0.29, 0.717) is 23.8 Å². The predicted molar refractivity (Wildman–Crippen MR) is 110 cm³/mol. The highest BCUT2D eigenvalue weighted by molar-refractivity contribution is 6.33. The second-order valence-electron chi connectivity index (χ2n) is 6.39. The Bertz CT molecular complexity index is 844. The van der Waals surface area contributed by atoms with Crippen molar-refractivity contribution >= 4 is 40.9 Å². The molecule has 1 heterocycles. The van der Waals surface area contributed by atoms with Crippen molar-refractivity contribution in [3.8, 4) is 0 Å². The normalized spacial score (nSPS) is 14.4. The third-order valence-electron chi connectivity index (χ3n) is 4.51. The predicted octanol–water partition coefficient (Wildman–Crippen LogP) is 3.66. The molecule has 0 spiro atoms. The van der Waals surface area contributed by atoms with Crippen LogP contribution in [0.25, 0.3) is 6.08 Å². The molecule has 2 amide bonds. The van der Waals surface area contributed by atoms with Crippen LogP contribution in [-0.2, 0) is 9.59 Å². The van der Waals surface area contributed by atoms with Crippen LogP contribution in [-0.4, -0.2) is 42.9 Å². The van der Waals surface area contributed by atoms with Crippen molar-refractivity contribution in [1.29, 1.82) is 0 Å². The van der Waals surface area contributed by atoms with Crippen LogP contribution in [0, 0.1) is 0 Å². The van der Waals surface area contributed by atoms with E-state index < -0.39 is 0 Å². The highest BCUT2D eigenvalue weighted by Crippen LogP contribution is 2.29. The molecule has 5 nitrogen and oxygen atoms in total. The molecule has 6 heteroatoms. The van der Waals surface area contributed by atoms with Gasteiger partial charge in [0.25, 0.3) is 0 Å². The highest BCUT2D eigenvalue weighted by Gasteiger charge is 2.20. The van der Waals surface area contributed by atoms with E-state index >= 15 is 0 Å². The summed E-state index contributed by atoms with van der Waals surface area (Å²) in [7, 11) is 0. The Hall–Kier alpha value is -2.79. The first-order valence-electron chi connectivity index (χ1n) is 8.87. The summed E-state index contributed by atoms with van der Waals surface area (Å²) in [6.07, 6.45) is 3.26. The summed E-state index contributed by atoms with van der Waals surface area (Å²) in [4.78, 5) is 27.5. The summed E-state index contributed by atoms with van der Waals surface area (Å²) in [6.45, 7) is 4.45. The molecule has 27 heavy (non-hydrogen) atoms. The molecule has 1 aliphatic heterocycles. The largest absolute Gasteiger partial charge is 0.367 e. The molecule has 0 unspecified atom stereocenters. The van der Waals surface area contributed by atoms with E-state index in [4.69, 9.17) is 11.6 Å². The summed E-state index contributed by atoms with van der Waals surface area (Å²) < 4.78 is 0. The zero-order valence-electron chi connectivity index (χ0n) is 15.2. The molecular formula is C21H22ClN3O2. The average Bonchev–Trinajstić information content (AvgIpc) is 2.67. The third-order valence-corrected chi connectivity index (χ3v) is 4.81. The first-order chi connectivity index (χ1) is 13.0. The molecule has 1 fully saturated rings. The Morgan fingerprint density at radius 3 is 2.37 bits per heavy atom. The molecule has 2 aromatic carbocycles. The highest BCUT2D eigenvalue weighted by atomic mass is 35.5. The van der Waals surface area contributed by atoms with Gasteiger partial charge >= 0.3 is 0 Å². The number of rotatable bonds is 4. The van der Waals surface area contributed by atoms with Crippen molar-refractivity contribution in [3.05, 3.63) is 65.2 Å². The van der Waals surface area contributed by atoms with Crippen LogP contribution in [0.3, 0.4) is 0 Å². The number of piperazine rings is 1. The van der Waals surface area contributed by atoms with Gasteiger partial charge in [-0.25, -0.2) is 0 Å². The van der Waals surface area contributed by atoms with Crippen LogP contribution in [0.15, 0.2) is 54.6 Å². The zero-order chi connectivity index (χ0) is 19.2. The molecule has 0 aliphatic carbocycles. The van der Waals surface area contributed by atoms with Crippen molar-refractivity contribution < 1.29 is 9.59 Å². The summed E-state index contributed by atoms with van der Waals surface area (Å²) in [5.41, 5.74) is 2.53. The standard InChI is InChI=1S/C21H22ClN3O2/c1-16(26)24-11-13-25(14-12-24)20-9-8-18(15-19(20)22)23-21(27)10-7-17-5-3-2-4-6-17/h2-10,15H,11-14H2,1H3,(H,23,27). The fourth-order valence-corrected chi connectivity index (χ4v) is 3.32. The number of benzene rings is 2. The number of anilines is 2. The van der Waals surface area contributed by atoms with Gasteiger partial charge in [-0.05, 0) is 29.8 Å². The van der Waals surface area contributed by atoms with Crippen molar-refractivity contribution in [1.82, 2.24) is 4.90 Å². The zero-order valence-corrected chi connectivity index (χ0v) is 15.9. The number of hydrogen-bond donors (Lipinski definition) is 1. The lowest BCUT2D eigenvalue weighted by molar-refractivity contribution is -0.129. The maximum absolute atomic E-state index is 12.1. The van der Waals surface area contributed by atoms with Gasteiger partial charge in [-0.3, -0.25) is 9.59 Å². The number of nitrogens with zero attached hydrogens (tertiary/aromatic N) is 2. The van der Waals surface area contributed by atoms with E-state index in [1.807, 2.05) is 47.4 Å². The van der Waals surface area contributed by atoms with E-state index in [2.05, 4.69) is 10.2 Å². The number of amides is 2. The number of carbonyl (C=O) groups excluding carboxylic acids is 2. The monoisotopic (exact) mass is 383 g/mol. The van der Waals surface area contributed by atoms with Crippen molar-refractivity contribution in [3.63, 3.8) is 0 Å². The molecule has 3 rings (SSSR count). The lowest BCUT2D eigenvalue weighted by Gasteiger charge is -2.36. The molecule has 1 N–H and O–H groups in total. The molecular weight excluding hydrogens is 362 g/mol. The van der Waals surface area contributed by atoms with Crippen LogP contribution in [0.5, 0.6) is 0 Å². The number of nitrogens with one attached hydrogen (secondary N) is 1. The number of carbonyl (C=O) groups is 2.